The van der Waals surface area contributed by atoms with Gasteiger partial charge in [0.1, 0.15) is 0 Å². The first kappa shape index (κ1) is 14.3. The standard InChI is InChI=1S/C14H19ClN2O2/c1-14(7-4-8-19-14)10-16-9-13(18)17-12-6-3-2-5-11(12)15/h2-3,5-6,16H,4,7-10H2,1H3,(H,17,18). The Balaban J connectivity index is 1.74. The highest BCUT2D eigenvalue weighted by Gasteiger charge is 2.29. The summed E-state index contributed by atoms with van der Waals surface area (Å²) < 4.78 is 5.64. The summed E-state index contributed by atoms with van der Waals surface area (Å²) in [7, 11) is 0. The van der Waals surface area contributed by atoms with Crippen LogP contribution in [-0.2, 0) is 9.53 Å². The normalized spacial score (nSPS) is 22.4. The predicted octanol–water partition coefficient (Wildman–Crippen LogP) is 2.44. The molecule has 2 N–H and O–H groups in total. The van der Waals surface area contributed by atoms with Crippen LogP contribution < -0.4 is 10.6 Å². The second-order valence-electron chi connectivity index (χ2n) is 5.03. The number of rotatable bonds is 5. The first-order valence-electron chi connectivity index (χ1n) is 6.48. The number of anilines is 1. The molecule has 104 valence electrons. The zero-order chi connectivity index (χ0) is 13.7. The monoisotopic (exact) mass is 282 g/mol. The van der Waals surface area contributed by atoms with Crippen molar-refractivity contribution in [1.29, 1.82) is 0 Å². The van der Waals surface area contributed by atoms with E-state index >= 15 is 0 Å². The Labute approximate surface area is 118 Å². The Kier molecular flexibility index (Phi) is 4.80. The molecule has 1 aromatic rings. The van der Waals surface area contributed by atoms with Crippen LogP contribution in [0.15, 0.2) is 24.3 Å². The van der Waals surface area contributed by atoms with Gasteiger partial charge in [-0.15, -0.1) is 0 Å². The van der Waals surface area contributed by atoms with Crippen molar-refractivity contribution in [2.75, 3.05) is 25.0 Å². The van der Waals surface area contributed by atoms with Crippen molar-refractivity contribution in [3.8, 4) is 0 Å². The van der Waals surface area contributed by atoms with E-state index in [0.717, 1.165) is 19.4 Å². The van der Waals surface area contributed by atoms with Gasteiger partial charge >= 0.3 is 0 Å². The molecule has 1 amide bonds. The molecular formula is C14H19ClN2O2. The van der Waals surface area contributed by atoms with Crippen molar-refractivity contribution in [2.45, 2.75) is 25.4 Å². The third kappa shape index (κ3) is 4.20. The summed E-state index contributed by atoms with van der Waals surface area (Å²) in [6.45, 7) is 3.82. The fourth-order valence-corrected chi connectivity index (χ4v) is 2.36. The molecule has 1 fully saturated rings. The quantitative estimate of drug-likeness (QED) is 0.872. The van der Waals surface area contributed by atoms with Gasteiger partial charge in [0, 0.05) is 13.2 Å². The van der Waals surface area contributed by atoms with E-state index < -0.39 is 0 Å². The maximum absolute atomic E-state index is 11.8. The average Bonchev–Trinajstić information content (AvgIpc) is 2.79. The number of carbonyl (C=O) groups excluding carboxylic acids is 1. The fourth-order valence-electron chi connectivity index (χ4n) is 2.17. The van der Waals surface area contributed by atoms with Gasteiger partial charge in [0.15, 0.2) is 0 Å². The Morgan fingerprint density at radius 3 is 2.95 bits per heavy atom. The van der Waals surface area contributed by atoms with Gasteiger partial charge in [0.05, 0.1) is 22.9 Å². The highest BCUT2D eigenvalue weighted by molar-refractivity contribution is 6.33. The van der Waals surface area contributed by atoms with Gasteiger partial charge in [0.2, 0.25) is 5.91 Å². The molecule has 4 nitrogen and oxygen atoms in total. The van der Waals surface area contributed by atoms with Crippen LogP contribution in [0.5, 0.6) is 0 Å². The predicted molar refractivity (Wildman–Crippen MR) is 76.5 cm³/mol. The number of carbonyl (C=O) groups is 1. The Hall–Kier alpha value is -1.10. The number of para-hydroxylation sites is 1. The van der Waals surface area contributed by atoms with Crippen LogP contribution in [-0.4, -0.2) is 31.2 Å². The Morgan fingerprint density at radius 1 is 1.47 bits per heavy atom. The molecule has 0 bridgehead atoms. The van der Waals surface area contributed by atoms with E-state index in [1.54, 1.807) is 12.1 Å². The van der Waals surface area contributed by atoms with Gasteiger partial charge < -0.3 is 15.4 Å². The lowest BCUT2D eigenvalue weighted by Gasteiger charge is -2.23. The molecule has 0 saturated carbocycles. The average molecular weight is 283 g/mol. The van der Waals surface area contributed by atoms with E-state index in [0.29, 0.717) is 17.3 Å². The van der Waals surface area contributed by atoms with Gasteiger partial charge in [-0.2, -0.15) is 0 Å². The molecule has 0 aliphatic carbocycles. The number of hydrogen-bond acceptors (Lipinski definition) is 3. The van der Waals surface area contributed by atoms with Crippen LogP contribution in [0.4, 0.5) is 5.69 Å². The van der Waals surface area contributed by atoms with Gasteiger partial charge in [-0.25, -0.2) is 0 Å². The molecule has 0 aromatic heterocycles. The number of benzene rings is 1. The molecule has 1 saturated heterocycles. The maximum Gasteiger partial charge on any atom is 0.238 e. The first-order valence-corrected chi connectivity index (χ1v) is 6.86. The first-order chi connectivity index (χ1) is 9.09. The van der Waals surface area contributed by atoms with Crippen molar-refractivity contribution < 1.29 is 9.53 Å². The van der Waals surface area contributed by atoms with Crippen molar-refractivity contribution in [2.24, 2.45) is 0 Å². The Bertz CT molecular complexity index is 445. The SMILES string of the molecule is CC1(CNCC(=O)Nc2ccccc2Cl)CCCO1. The van der Waals surface area contributed by atoms with Crippen LogP contribution in [0.1, 0.15) is 19.8 Å². The van der Waals surface area contributed by atoms with Gasteiger partial charge in [0.25, 0.3) is 0 Å². The summed E-state index contributed by atoms with van der Waals surface area (Å²) >= 11 is 5.97. The molecule has 0 spiro atoms. The van der Waals surface area contributed by atoms with E-state index in [4.69, 9.17) is 16.3 Å². The van der Waals surface area contributed by atoms with Crippen molar-refractivity contribution in [3.05, 3.63) is 29.3 Å². The minimum atomic E-state index is -0.134. The molecular weight excluding hydrogens is 264 g/mol. The lowest BCUT2D eigenvalue weighted by Crippen LogP contribution is -2.40. The van der Waals surface area contributed by atoms with Crippen molar-refractivity contribution in [1.82, 2.24) is 5.32 Å². The highest BCUT2D eigenvalue weighted by atomic mass is 35.5. The molecule has 1 aliphatic heterocycles. The number of halogens is 1. The number of ether oxygens (including phenoxy) is 1. The largest absolute Gasteiger partial charge is 0.374 e. The fraction of sp³-hybridized carbons (Fsp3) is 0.500. The van der Waals surface area contributed by atoms with Gasteiger partial charge in [-0.05, 0) is 31.9 Å². The summed E-state index contributed by atoms with van der Waals surface area (Å²) in [6, 6.07) is 7.19. The summed E-state index contributed by atoms with van der Waals surface area (Å²) in [4.78, 5) is 11.8. The maximum atomic E-state index is 11.8. The zero-order valence-corrected chi connectivity index (χ0v) is 11.8. The van der Waals surface area contributed by atoms with Gasteiger partial charge in [-0.1, -0.05) is 23.7 Å². The molecule has 1 atom stereocenters. The Morgan fingerprint density at radius 2 is 2.26 bits per heavy atom. The van der Waals surface area contributed by atoms with E-state index in [2.05, 4.69) is 17.6 Å². The molecule has 5 heteroatoms. The van der Waals surface area contributed by atoms with Crippen molar-refractivity contribution in [3.63, 3.8) is 0 Å². The van der Waals surface area contributed by atoms with Crippen LogP contribution in [0.25, 0.3) is 0 Å². The molecule has 0 radical (unpaired) electrons. The van der Waals surface area contributed by atoms with Crippen molar-refractivity contribution >= 4 is 23.2 Å². The molecule has 1 heterocycles. The van der Waals surface area contributed by atoms with Crippen LogP contribution in [0, 0.1) is 0 Å². The molecule has 1 aromatic carbocycles. The minimum absolute atomic E-state index is 0.102. The summed E-state index contributed by atoms with van der Waals surface area (Å²) in [6.07, 6.45) is 2.12. The minimum Gasteiger partial charge on any atom is -0.374 e. The molecule has 1 unspecified atom stereocenters. The van der Waals surface area contributed by atoms with Crippen LogP contribution in [0.3, 0.4) is 0 Å². The summed E-state index contributed by atoms with van der Waals surface area (Å²) in [5.41, 5.74) is 0.504. The second kappa shape index (κ2) is 6.37. The smallest absolute Gasteiger partial charge is 0.238 e. The van der Waals surface area contributed by atoms with E-state index in [-0.39, 0.29) is 18.1 Å². The molecule has 1 aliphatic rings. The highest BCUT2D eigenvalue weighted by Crippen LogP contribution is 2.24. The van der Waals surface area contributed by atoms with E-state index in [9.17, 15) is 4.79 Å². The summed E-state index contributed by atoms with van der Waals surface area (Å²) in [5.74, 6) is -0.102. The van der Waals surface area contributed by atoms with E-state index in [1.807, 2.05) is 12.1 Å². The third-order valence-corrected chi connectivity index (χ3v) is 3.56. The lowest BCUT2D eigenvalue weighted by atomic mass is 10.0. The second-order valence-corrected chi connectivity index (χ2v) is 5.44. The van der Waals surface area contributed by atoms with Gasteiger partial charge in [-0.3, -0.25) is 4.79 Å². The topological polar surface area (TPSA) is 50.4 Å². The molecule has 19 heavy (non-hydrogen) atoms. The zero-order valence-electron chi connectivity index (χ0n) is 11.0. The lowest BCUT2D eigenvalue weighted by molar-refractivity contribution is -0.115. The van der Waals surface area contributed by atoms with Crippen LogP contribution >= 0.6 is 11.6 Å². The number of nitrogens with one attached hydrogen (secondary N) is 2. The van der Waals surface area contributed by atoms with E-state index in [1.165, 1.54) is 0 Å². The number of amides is 1. The third-order valence-electron chi connectivity index (χ3n) is 3.23. The van der Waals surface area contributed by atoms with Crippen LogP contribution in [0.2, 0.25) is 5.02 Å². The molecule has 2 rings (SSSR count). The number of hydrogen-bond donors (Lipinski definition) is 2. The summed E-state index contributed by atoms with van der Waals surface area (Å²) in [5, 5.41) is 6.44.